The highest BCUT2D eigenvalue weighted by molar-refractivity contribution is 14.2. The van der Waals surface area contributed by atoms with Gasteiger partial charge >= 0.3 is 6.09 Å². The largest absolute Gasteiger partial charge is 0.486 e. The van der Waals surface area contributed by atoms with Crippen LogP contribution in [0.15, 0.2) is 48.9 Å². The number of nitrogens with zero attached hydrogens (tertiary/aromatic N) is 6. The Morgan fingerprint density at radius 3 is 2.37 bits per heavy atom. The molecule has 3 aromatic heterocycles. The number of piperazine rings is 1. The molecule has 41 heavy (non-hydrogen) atoms. The van der Waals surface area contributed by atoms with Crippen LogP contribution >= 0.6 is 51.6 Å². The number of ether oxygens (including phenoxy) is 2. The third-order valence-electron chi connectivity index (χ3n) is 6.62. The van der Waals surface area contributed by atoms with Crippen LogP contribution in [0, 0.1) is 0 Å². The van der Waals surface area contributed by atoms with Crippen molar-refractivity contribution in [1.29, 1.82) is 0 Å². The molecule has 1 aromatic carbocycles. The molecule has 0 saturated carbocycles. The van der Waals surface area contributed by atoms with E-state index >= 15 is 0 Å². The number of carbonyl (C=O) groups is 1. The molecule has 13 heteroatoms. The number of pyridine rings is 2. The zero-order valence-electron chi connectivity index (χ0n) is 23.1. The van der Waals surface area contributed by atoms with Crippen LogP contribution in [0.2, 0.25) is 10.0 Å². The highest BCUT2D eigenvalue weighted by Crippen LogP contribution is 2.38. The summed E-state index contributed by atoms with van der Waals surface area (Å²) in [5.74, 6) is 1.54. The highest BCUT2D eigenvalue weighted by Gasteiger charge is 2.26. The van der Waals surface area contributed by atoms with Gasteiger partial charge in [0.25, 0.3) is 0 Å². The zero-order chi connectivity index (χ0) is 29.3. The lowest BCUT2D eigenvalue weighted by molar-refractivity contribution is 0.0240. The van der Waals surface area contributed by atoms with Gasteiger partial charge in [0.2, 0.25) is 0 Å². The SMILES string of the molecule is C[C@@H](Oc1ccc2c(c1)c(-c1ccc(N3CCN(C(=O)OC(C)(C)C)CC3)nc1)nn2PI)c1c(Cl)cncc1Cl. The molecule has 0 aliphatic carbocycles. The van der Waals surface area contributed by atoms with Gasteiger partial charge in [0, 0.05) is 61.3 Å². The Balaban J connectivity index is 1.34. The van der Waals surface area contributed by atoms with Crippen molar-refractivity contribution in [3.05, 3.63) is 64.5 Å². The number of aromatic nitrogens is 4. The summed E-state index contributed by atoms with van der Waals surface area (Å²) in [4.78, 5) is 25.1. The Hall–Kier alpha value is -2.40. The summed E-state index contributed by atoms with van der Waals surface area (Å²) in [6.45, 7) is 10.1. The van der Waals surface area contributed by atoms with Gasteiger partial charge in [-0.2, -0.15) is 5.10 Å². The van der Waals surface area contributed by atoms with E-state index in [-0.39, 0.29) is 12.2 Å². The third kappa shape index (κ3) is 6.82. The average molecular weight is 727 g/mol. The van der Waals surface area contributed by atoms with Crippen LogP contribution in [0.1, 0.15) is 39.4 Å². The van der Waals surface area contributed by atoms with Crippen molar-refractivity contribution < 1.29 is 14.3 Å². The first-order valence-electron chi connectivity index (χ1n) is 13.1. The summed E-state index contributed by atoms with van der Waals surface area (Å²) in [6, 6.07) is 9.98. The minimum absolute atomic E-state index is 0.274. The maximum Gasteiger partial charge on any atom is 0.410 e. The van der Waals surface area contributed by atoms with Gasteiger partial charge in [0.05, 0.1) is 21.9 Å². The lowest BCUT2D eigenvalue weighted by Crippen LogP contribution is -2.50. The number of hydrogen-bond acceptors (Lipinski definition) is 7. The summed E-state index contributed by atoms with van der Waals surface area (Å²) in [5.41, 5.74) is 2.93. The lowest BCUT2D eigenvalue weighted by Gasteiger charge is -2.36. The second kappa shape index (κ2) is 12.5. The Morgan fingerprint density at radius 2 is 1.76 bits per heavy atom. The van der Waals surface area contributed by atoms with Crippen LogP contribution in [-0.4, -0.2) is 62.3 Å². The molecule has 1 fully saturated rings. The molecule has 1 amide bonds. The Morgan fingerprint density at radius 1 is 1.05 bits per heavy atom. The predicted molar refractivity (Wildman–Crippen MR) is 174 cm³/mol. The number of halogens is 3. The molecule has 0 spiro atoms. The van der Waals surface area contributed by atoms with E-state index in [1.165, 1.54) is 0 Å². The molecule has 0 radical (unpaired) electrons. The van der Waals surface area contributed by atoms with Crippen LogP contribution < -0.4 is 9.64 Å². The standard InChI is InChI=1S/C28H30Cl2IN6O3P/c1-17(25-21(29)15-32-16-22(25)30)39-19-6-7-23-20(13-19)26(34-37(23)41-31)18-5-8-24(33-14-18)35-9-11-36(12-10-35)27(38)40-28(2,3)4/h5-8,13-17,41H,9-12H2,1-4H3/t17-/m1/s1. The van der Waals surface area contributed by atoms with E-state index < -0.39 is 5.60 Å². The highest BCUT2D eigenvalue weighted by atomic mass is 127. The molecule has 0 N–H and O–H groups in total. The summed E-state index contributed by atoms with van der Waals surface area (Å²) in [6.07, 6.45) is 4.76. The fourth-order valence-corrected chi connectivity index (χ4v) is 6.88. The van der Waals surface area contributed by atoms with Gasteiger partial charge in [-0.05, 0) is 80.1 Å². The molecule has 4 heterocycles. The van der Waals surface area contributed by atoms with Gasteiger partial charge in [0.1, 0.15) is 29.0 Å². The number of benzene rings is 1. The third-order valence-corrected chi connectivity index (χ3v) is 9.09. The van der Waals surface area contributed by atoms with Crippen molar-refractivity contribution in [2.24, 2.45) is 0 Å². The number of anilines is 1. The number of carbonyl (C=O) groups excluding carboxylic acids is 1. The summed E-state index contributed by atoms with van der Waals surface area (Å²) in [5, 5.41) is 6.78. The molecule has 0 bridgehead atoms. The fourth-order valence-electron chi connectivity index (χ4n) is 4.68. The van der Waals surface area contributed by atoms with Crippen molar-refractivity contribution in [3.8, 4) is 17.0 Å². The molecule has 9 nitrogen and oxygen atoms in total. The Kier molecular flexibility index (Phi) is 9.13. The lowest BCUT2D eigenvalue weighted by atomic mass is 10.1. The van der Waals surface area contributed by atoms with E-state index in [1.807, 2.05) is 68.7 Å². The molecule has 4 aromatic rings. The van der Waals surface area contributed by atoms with E-state index in [9.17, 15) is 4.79 Å². The molecule has 2 atom stereocenters. The second-order valence-electron chi connectivity index (χ2n) is 10.7. The number of hydrogen-bond donors (Lipinski definition) is 0. The van der Waals surface area contributed by atoms with Crippen LogP contribution in [0.4, 0.5) is 10.6 Å². The number of fused-ring (bicyclic) bond motifs is 1. The Bertz CT molecular complexity index is 1530. The summed E-state index contributed by atoms with van der Waals surface area (Å²) in [7, 11) is 0. The number of amides is 1. The van der Waals surface area contributed by atoms with Gasteiger partial charge in [-0.25, -0.2) is 14.2 Å². The molecule has 216 valence electrons. The van der Waals surface area contributed by atoms with E-state index in [0.29, 0.717) is 53.9 Å². The van der Waals surface area contributed by atoms with Gasteiger partial charge in [-0.1, -0.05) is 23.2 Å². The first kappa shape index (κ1) is 30.1. The van der Waals surface area contributed by atoms with E-state index in [1.54, 1.807) is 17.3 Å². The number of rotatable bonds is 6. The second-order valence-corrected chi connectivity index (χ2v) is 13.5. The van der Waals surface area contributed by atoms with Crippen LogP contribution in [-0.2, 0) is 4.74 Å². The molecular weight excluding hydrogens is 697 g/mol. The molecule has 1 unspecified atom stereocenters. The topological polar surface area (TPSA) is 85.6 Å². The molecule has 5 rings (SSSR count). The molecule has 1 saturated heterocycles. The average Bonchev–Trinajstić information content (AvgIpc) is 3.30. The van der Waals surface area contributed by atoms with Gasteiger partial charge in [-0.3, -0.25) is 4.98 Å². The predicted octanol–water partition coefficient (Wildman–Crippen LogP) is 7.79. The molecule has 1 aliphatic rings. The van der Waals surface area contributed by atoms with Gasteiger partial charge in [-0.15, -0.1) is 0 Å². The first-order chi connectivity index (χ1) is 19.5. The minimum Gasteiger partial charge on any atom is -0.486 e. The van der Waals surface area contributed by atoms with Crippen LogP contribution in [0.25, 0.3) is 22.2 Å². The van der Waals surface area contributed by atoms with Crippen molar-refractivity contribution in [2.75, 3.05) is 31.1 Å². The van der Waals surface area contributed by atoms with E-state index in [4.69, 9.17) is 42.8 Å². The summed E-state index contributed by atoms with van der Waals surface area (Å²) >= 11 is 15.0. The van der Waals surface area contributed by atoms with Crippen molar-refractivity contribution in [2.45, 2.75) is 39.4 Å². The van der Waals surface area contributed by atoms with E-state index in [2.05, 4.69) is 31.9 Å². The maximum absolute atomic E-state index is 12.4. The molecule has 1 aliphatic heterocycles. The zero-order valence-corrected chi connectivity index (χ0v) is 27.7. The fraction of sp³-hybridized carbons (Fsp3) is 0.357. The van der Waals surface area contributed by atoms with Crippen molar-refractivity contribution in [1.82, 2.24) is 24.4 Å². The quantitative estimate of drug-likeness (QED) is 0.148. The van der Waals surface area contributed by atoms with Crippen LogP contribution in [0.3, 0.4) is 0 Å². The van der Waals surface area contributed by atoms with Crippen LogP contribution in [0.5, 0.6) is 5.75 Å². The maximum atomic E-state index is 12.4. The van der Waals surface area contributed by atoms with Crippen molar-refractivity contribution >= 4 is 74.4 Å². The monoisotopic (exact) mass is 726 g/mol. The van der Waals surface area contributed by atoms with Gasteiger partial charge in [0.15, 0.2) is 0 Å². The normalized spacial score (nSPS) is 15.1. The smallest absolute Gasteiger partial charge is 0.410 e. The minimum atomic E-state index is -0.507. The van der Waals surface area contributed by atoms with Crippen molar-refractivity contribution in [3.63, 3.8) is 0 Å². The molecular formula is C28H30Cl2IN6O3P. The summed E-state index contributed by atoms with van der Waals surface area (Å²) < 4.78 is 13.8. The first-order valence-corrected chi connectivity index (χ1v) is 17.9. The Labute approximate surface area is 263 Å². The van der Waals surface area contributed by atoms with Gasteiger partial charge < -0.3 is 19.3 Å². The van der Waals surface area contributed by atoms with E-state index in [0.717, 1.165) is 28.0 Å².